The molecule has 0 atom stereocenters. The molecule has 0 aliphatic rings. The van der Waals surface area contributed by atoms with Gasteiger partial charge in [-0.15, -0.1) is 12.1 Å². The summed E-state index contributed by atoms with van der Waals surface area (Å²) < 4.78 is 59.0. The van der Waals surface area contributed by atoms with E-state index in [0.29, 0.717) is 16.6 Å². The van der Waals surface area contributed by atoms with Gasteiger partial charge in [-0.25, -0.2) is 0 Å². The number of pyridine rings is 2. The predicted octanol–water partition coefficient (Wildman–Crippen LogP) is 17.1. The van der Waals surface area contributed by atoms with Crippen LogP contribution in [-0.4, -0.2) is 32.8 Å². The van der Waals surface area contributed by atoms with Gasteiger partial charge in [0.25, 0.3) is 0 Å². The van der Waals surface area contributed by atoms with Gasteiger partial charge in [0.1, 0.15) is 0 Å². The summed E-state index contributed by atoms with van der Waals surface area (Å²) in [6, 6.07) is 52.1. The topological polar surface area (TPSA) is 43.6 Å². The molecule has 0 unspecified atom stereocenters. The zero-order valence-corrected chi connectivity index (χ0v) is 47.0. The maximum Gasteiger partial charge on any atom is 0 e. The smallest absolute Gasteiger partial charge is 0 e. The SMILES string of the molecule is Cc1cc2sc3c(-c4nc5cc6c(cc5n4-c4c(C)cc(-c5ccccc5)cc4C)c(C)c(C)c4ccccc46)[c-]cc(F)c3c2cn1.[2H]C([2H])([2H])c1cc(-c2[c-]cc(-c3ccccc3)cc2F)nc[c]1[Ge]([CH3])([CH3])[CH3].[Ir]. The van der Waals surface area contributed by atoms with Crippen LogP contribution in [0.2, 0.25) is 17.3 Å². The molecule has 0 amide bonds. The quantitative estimate of drug-likeness (QED) is 0.0947. The molecule has 0 saturated carbocycles. The van der Waals surface area contributed by atoms with Gasteiger partial charge in [-0.2, -0.15) is 11.3 Å². The number of imidazole rings is 1. The number of hydrogen-bond acceptors (Lipinski definition) is 4. The Morgan fingerprint density at radius 1 is 0.589 bits per heavy atom. The van der Waals surface area contributed by atoms with Crippen LogP contribution in [0.5, 0.6) is 0 Å². The van der Waals surface area contributed by atoms with Gasteiger partial charge in [-0.3, -0.25) is 14.4 Å². The van der Waals surface area contributed by atoms with Crippen molar-refractivity contribution in [2.24, 2.45) is 0 Å². The van der Waals surface area contributed by atoms with Crippen molar-refractivity contribution in [3.05, 3.63) is 209 Å². The monoisotopic (exact) mass is 1220 g/mol. The number of halogens is 2. The van der Waals surface area contributed by atoms with E-state index in [1.807, 2.05) is 49.4 Å². The van der Waals surface area contributed by atoms with Crippen LogP contribution in [0.3, 0.4) is 0 Å². The largest absolute Gasteiger partial charge is 0 e. The summed E-state index contributed by atoms with van der Waals surface area (Å²) in [4.78, 5) is 14.3. The van der Waals surface area contributed by atoms with Gasteiger partial charge in [0.05, 0.1) is 16.9 Å². The van der Waals surface area contributed by atoms with Gasteiger partial charge in [0.2, 0.25) is 0 Å². The Kier molecular flexibility index (Phi) is 12.4. The van der Waals surface area contributed by atoms with Crippen molar-refractivity contribution < 1.29 is 33.0 Å². The molecule has 4 aromatic heterocycles. The minimum atomic E-state index is -2.44. The summed E-state index contributed by atoms with van der Waals surface area (Å²) in [6.45, 7) is 8.48. The van der Waals surface area contributed by atoms with Gasteiger partial charge in [0, 0.05) is 53.6 Å². The Morgan fingerprint density at radius 2 is 1.23 bits per heavy atom. The first-order chi connectivity index (χ1) is 35.8. The molecular formula is C64H52F2GeIrN4S-2. The van der Waals surface area contributed by atoms with E-state index in [9.17, 15) is 4.39 Å². The van der Waals surface area contributed by atoms with E-state index in [2.05, 4.69) is 144 Å². The van der Waals surface area contributed by atoms with E-state index < -0.39 is 25.9 Å². The maximum atomic E-state index is 15.6. The third kappa shape index (κ3) is 9.03. The average molecular weight is 1220 g/mol. The first kappa shape index (κ1) is 46.1. The molecule has 12 rings (SSSR count). The van der Waals surface area contributed by atoms with Crippen molar-refractivity contribution in [1.29, 1.82) is 0 Å². The Morgan fingerprint density at radius 3 is 1.90 bits per heavy atom. The number of aromatic nitrogens is 4. The van der Waals surface area contributed by atoms with Crippen molar-refractivity contribution in [2.75, 3.05) is 0 Å². The molecule has 0 spiro atoms. The van der Waals surface area contributed by atoms with Crippen LogP contribution in [0, 0.1) is 65.2 Å². The third-order valence-corrected chi connectivity index (χ3v) is 19.3. The third-order valence-electron chi connectivity index (χ3n) is 13.9. The van der Waals surface area contributed by atoms with Gasteiger partial charge < -0.3 is 4.57 Å². The molecule has 0 fully saturated rings. The fraction of sp³-hybridized carbons (Fsp3) is 0.141. The first-order valence-electron chi connectivity index (χ1n) is 25.5. The van der Waals surface area contributed by atoms with Crippen LogP contribution in [-0.2, 0) is 20.1 Å². The second kappa shape index (κ2) is 19.6. The Balaban J connectivity index is 0.000000200. The summed E-state index contributed by atoms with van der Waals surface area (Å²) in [5, 5.41) is 6.26. The van der Waals surface area contributed by atoms with E-state index in [0.717, 1.165) is 69.7 Å². The zero-order valence-electron chi connectivity index (χ0n) is 44.7. The molecule has 4 heterocycles. The molecule has 0 bridgehead atoms. The molecule has 8 aromatic carbocycles. The summed E-state index contributed by atoms with van der Waals surface area (Å²) in [7, 11) is 0. The molecule has 0 aliphatic heterocycles. The summed E-state index contributed by atoms with van der Waals surface area (Å²) >= 11 is -0.860. The molecule has 1 radical (unpaired) electrons. The molecule has 12 aromatic rings. The first-order valence-corrected chi connectivity index (χ1v) is 32.2. The Hall–Kier alpha value is -6.68. The van der Waals surface area contributed by atoms with Gasteiger partial charge >= 0.3 is 150 Å². The summed E-state index contributed by atoms with van der Waals surface area (Å²) in [5.74, 6) is 6.34. The van der Waals surface area contributed by atoms with Crippen molar-refractivity contribution in [3.8, 4) is 50.6 Å². The molecule has 0 N–H and O–H groups in total. The number of thiophene rings is 1. The number of benzene rings is 8. The Labute approximate surface area is 449 Å². The van der Waals surface area contributed by atoms with Crippen LogP contribution in [0.25, 0.3) is 103 Å². The summed E-state index contributed by atoms with van der Waals surface area (Å²) in [6.07, 6.45) is 3.41. The van der Waals surface area contributed by atoms with Crippen molar-refractivity contribution in [3.63, 3.8) is 0 Å². The number of aryl methyl sites for hydroxylation is 6. The zero-order chi connectivity index (χ0) is 52.7. The van der Waals surface area contributed by atoms with Gasteiger partial charge in [0.15, 0.2) is 0 Å². The van der Waals surface area contributed by atoms with Crippen LogP contribution in [0.4, 0.5) is 8.78 Å². The number of rotatable bonds is 6. The van der Waals surface area contributed by atoms with E-state index in [-0.39, 0.29) is 37.0 Å². The van der Waals surface area contributed by atoms with Crippen molar-refractivity contribution in [1.82, 2.24) is 19.5 Å². The maximum absolute atomic E-state index is 15.6. The fourth-order valence-electron chi connectivity index (χ4n) is 10.2. The van der Waals surface area contributed by atoms with Crippen LogP contribution >= 0.6 is 11.3 Å². The molecule has 9 heteroatoms. The fourth-order valence-corrected chi connectivity index (χ4v) is 14.3. The Bertz CT molecular complexity index is 4220. The summed E-state index contributed by atoms with van der Waals surface area (Å²) in [5.41, 5.74) is 14.2. The predicted molar refractivity (Wildman–Crippen MR) is 302 cm³/mol. The number of nitrogens with zero attached hydrogens (tertiary/aromatic N) is 4. The van der Waals surface area contributed by atoms with Gasteiger partial charge in [-0.1, -0.05) is 60.2 Å². The number of hydrogen-bond donors (Lipinski definition) is 0. The average Bonchev–Trinajstić information content (AvgIpc) is 4.00. The molecule has 363 valence electrons. The molecule has 4 nitrogen and oxygen atoms in total. The minimum absolute atomic E-state index is 0. The van der Waals surface area contributed by atoms with Gasteiger partial charge in [-0.05, 0) is 130 Å². The second-order valence-electron chi connectivity index (χ2n) is 19.8. The molecule has 0 aliphatic carbocycles. The minimum Gasteiger partial charge on any atom is 0 e. The van der Waals surface area contributed by atoms with E-state index in [1.54, 1.807) is 29.8 Å². The van der Waals surface area contributed by atoms with Crippen molar-refractivity contribution >= 4 is 81.7 Å². The normalized spacial score (nSPS) is 12.4. The van der Waals surface area contributed by atoms with Crippen LogP contribution < -0.4 is 4.40 Å². The molecule has 0 saturated heterocycles. The second-order valence-corrected chi connectivity index (χ2v) is 31.4. The van der Waals surface area contributed by atoms with Crippen LogP contribution in [0.15, 0.2) is 152 Å². The standard InChI is InChI=1S/C43H31FN3S.C21H21FGeN.Ir/c1-23-17-29(28-11-7-6-8-12-28)18-24(2)41(23)47-38-21-33-27(5)26(4)30-13-9-10-14-31(30)34(33)20-37(38)46-43(47)32-15-16-36(44)40-35-22-45-25(3)19-39(35)48-42(32)40;1-15-12-21(24-14-20(15)23(2,3)4)18-11-10-17(13-19(18)22)16-8-6-5-7-9-16;/h6-14,16-22H,1-5H3;5-10,12-14H,1-4H3;/q2*-1;/i;1D3;. The van der Waals surface area contributed by atoms with E-state index in [4.69, 9.17) is 9.10 Å². The van der Waals surface area contributed by atoms with Crippen molar-refractivity contribution in [2.45, 2.75) is 58.7 Å². The molecule has 73 heavy (non-hydrogen) atoms. The number of fused-ring (bicyclic) bond motifs is 7. The molecular weight excluding hydrogens is 1160 g/mol. The van der Waals surface area contributed by atoms with E-state index >= 15 is 4.39 Å². The van der Waals surface area contributed by atoms with Crippen LogP contribution in [0.1, 0.15) is 37.6 Å². The van der Waals surface area contributed by atoms with E-state index in [1.165, 1.54) is 62.0 Å².